The van der Waals surface area contributed by atoms with E-state index in [4.69, 9.17) is 4.74 Å². The lowest BCUT2D eigenvalue weighted by molar-refractivity contribution is 0.263. The Labute approximate surface area is 122 Å². The summed E-state index contributed by atoms with van der Waals surface area (Å²) in [6.45, 7) is 9.58. The number of hydrogen-bond donors (Lipinski definition) is 1. The molecule has 3 heteroatoms. The molecule has 2 nitrogen and oxygen atoms in total. The number of nitrogens with one attached hydrogen (secondary N) is 1. The van der Waals surface area contributed by atoms with Gasteiger partial charge in [-0.05, 0) is 29.9 Å². The van der Waals surface area contributed by atoms with Crippen LogP contribution < -0.4 is 10.1 Å². The van der Waals surface area contributed by atoms with Gasteiger partial charge in [0.05, 0.1) is 7.11 Å². The molecule has 0 aliphatic rings. The molecule has 1 N–H and O–H groups in total. The Kier molecular flexibility index (Phi) is 6.47. The van der Waals surface area contributed by atoms with Crippen molar-refractivity contribution in [2.75, 3.05) is 13.7 Å². The maximum atomic E-state index is 14.3. The molecule has 0 spiro atoms. The lowest BCUT2D eigenvalue weighted by Crippen LogP contribution is -2.37. The molecule has 1 rings (SSSR count). The van der Waals surface area contributed by atoms with Crippen molar-refractivity contribution in [1.82, 2.24) is 5.32 Å². The summed E-state index contributed by atoms with van der Waals surface area (Å²) in [4.78, 5) is 0. The topological polar surface area (TPSA) is 21.3 Å². The normalized spacial score (nSPS) is 14.3. The number of rotatable bonds is 8. The molecular formula is C17H28FNO. The zero-order valence-electron chi connectivity index (χ0n) is 13.4. The summed E-state index contributed by atoms with van der Waals surface area (Å²) in [5, 5.41) is 3.49. The van der Waals surface area contributed by atoms with Gasteiger partial charge in [0, 0.05) is 12.6 Å². The molecule has 0 aliphatic heterocycles. The lowest BCUT2D eigenvalue weighted by atomic mass is 9.79. The first kappa shape index (κ1) is 17.0. The van der Waals surface area contributed by atoms with Crippen molar-refractivity contribution >= 4 is 0 Å². The Morgan fingerprint density at radius 2 is 2.05 bits per heavy atom. The van der Waals surface area contributed by atoms with Crippen molar-refractivity contribution in [3.8, 4) is 5.75 Å². The van der Waals surface area contributed by atoms with Gasteiger partial charge in [0.25, 0.3) is 0 Å². The van der Waals surface area contributed by atoms with E-state index in [-0.39, 0.29) is 11.2 Å². The molecule has 0 amide bonds. The fourth-order valence-corrected chi connectivity index (χ4v) is 2.60. The molecule has 0 aromatic heterocycles. The largest absolute Gasteiger partial charge is 0.494 e. The van der Waals surface area contributed by atoms with E-state index in [1.807, 2.05) is 12.1 Å². The van der Waals surface area contributed by atoms with Crippen molar-refractivity contribution in [2.45, 2.75) is 53.0 Å². The summed E-state index contributed by atoms with van der Waals surface area (Å²) in [5.41, 5.74) is 0.803. The van der Waals surface area contributed by atoms with E-state index in [1.54, 1.807) is 6.07 Å². The monoisotopic (exact) mass is 281 g/mol. The molecule has 0 fully saturated rings. The van der Waals surface area contributed by atoms with Crippen LogP contribution in [0.15, 0.2) is 18.2 Å². The standard InChI is InChI=1S/C17H28FNO/c1-6-10-17(4,12-19-13(2)3)11-14-8-7-9-15(20-5)16(14)18/h7-9,13,19H,6,10-12H2,1-5H3. The minimum absolute atomic E-state index is 0.0617. The second-order valence-electron chi connectivity index (χ2n) is 6.21. The second-order valence-corrected chi connectivity index (χ2v) is 6.21. The summed E-state index contributed by atoms with van der Waals surface area (Å²) in [6, 6.07) is 5.84. The van der Waals surface area contributed by atoms with Crippen LogP contribution >= 0.6 is 0 Å². The summed E-state index contributed by atoms with van der Waals surface area (Å²) in [6.07, 6.45) is 2.90. The van der Waals surface area contributed by atoms with E-state index < -0.39 is 0 Å². The van der Waals surface area contributed by atoms with E-state index >= 15 is 0 Å². The lowest BCUT2D eigenvalue weighted by Gasteiger charge is -2.31. The van der Waals surface area contributed by atoms with Gasteiger partial charge in [-0.25, -0.2) is 4.39 Å². The van der Waals surface area contributed by atoms with E-state index in [1.165, 1.54) is 7.11 Å². The minimum Gasteiger partial charge on any atom is -0.494 e. The van der Waals surface area contributed by atoms with Crippen molar-refractivity contribution in [3.63, 3.8) is 0 Å². The van der Waals surface area contributed by atoms with Gasteiger partial charge in [-0.1, -0.05) is 46.2 Å². The molecular weight excluding hydrogens is 253 g/mol. The molecule has 0 saturated heterocycles. The third-order valence-electron chi connectivity index (χ3n) is 3.67. The fraction of sp³-hybridized carbons (Fsp3) is 0.647. The van der Waals surface area contributed by atoms with Gasteiger partial charge < -0.3 is 10.1 Å². The van der Waals surface area contributed by atoms with E-state index in [9.17, 15) is 4.39 Å². The predicted molar refractivity (Wildman–Crippen MR) is 82.8 cm³/mol. The summed E-state index contributed by atoms with van der Waals surface area (Å²) < 4.78 is 19.4. The highest BCUT2D eigenvalue weighted by atomic mass is 19.1. The number of benzene rings is 1. The Balaban J connectivity index is 2.89. The smallest absolute Gasteiger partial charge is 0.168 e. The first-order valence-electron chi connectivity index (χ1n) is 7.46. The molecule has 1 aromatic carbocycles. The van der Waals surface area contributed by atoms with Gasteiger partial charge in [0.2, 0.25) is 0 Å². The molecule has 0 radical (unpaired) electrons. The van der Waals surface area contributed by atoms with Crippen LogP contribution in [0.2, 0.25) is 0 Å². The highest BCUT2D eigenvalue weighted by molar-refractivity contribution is 5.31. The average Bonchev–Trinajstić information content (AvgIpc) is 2.39. The SMILES string of the molecule is CCCC(C)(CNC(C)C)Cc1cccc(OC)c1F. The maximum Gasteiger partial charge on any atom is 0.168 e. The predicted octanol–water partition coefficient (Wildman–Crippen LogP) is 4.18. The third kappa shape index (κ3) is 4.78. The molecule has 114 valence electrons. The van der Waals surface area contributed by atoms with Crippen molar-refractivity contribution in [1.29, 1.82) is 0 Å². The van der Waals surface area contributed by atoms with Crippen LogP contribution in [-0.4, -0.2) is 19.7 Å². The molecule has 0 bridgehead atoms. The summed E-state index contributed by atoms with van der Waals surface area (Å²) in [5.74, 6) is 0.111. The number of ether oxygens (including phenoxy) is 1. The van der Waals surface area contributed by atoms with Crippen LogP contribution in [0, 0.1) is 11.2 Å². The molecule has 1 atom stereocenters. The van der Waals surface area contributed by atoms with Gasteiger partial charge in [-0.3, -0.25) is 0 Å². The van der Waals surface area contributed by atoms with E-state index in [0.29, 0.717) is 11.8 Å². The Bertz CT molecular complexity index is 419. The average molecular weight is 281 g/mol. The Morgan fingerprint density at radius 3 is 2.60 bits per heavy atom. The van der Waals surface area contributed by atoms with Gasteiger partial charge >= 0.3 is 0 Å². The first-order chi connectivity index (χ1) is 9.41. The molecule has 1 aromatic rings. The van der Waals surface area contributed by atoms with Crippen LogP contribution in [0.4, 0.5) is 4.39 Å². The number of halogens is 1. The Morgan fingerprint density at radius 1 is 1.35 bits per heavy atom. The molecule has 0 heterocycles. The third-order valence-corrected chi connectivity index (χ3v) is 3.67. The van der Waals surface area contributed by atoms with Crippen molar-refractivity contribution < 1.29 is 9.13 Å². The zero-order valence-corrected chi connectivity index (χ0v) is 13.4. The van der Waals surface area contributed by atoms with E-state index in [0.717, 1.165) is 31.4 Å². The van der Waals surface area contributed by atoms with Gasteiger partial charge in [0.1, 0.15) is 0 Å². The summed E-state index contributed by atoms with van der Waals surface area (Å²) in [7, 11) is 1.51. The highest BCUT2D eigenvalue weighted by Crippen LogP contribution is 2.31. The second kappa shape index (κ2) is 7.63. The minimum atomic E-state index is -0.220. The van der Waals surface area contributed by atoms with Crippen LogP contribution in [0.1, 0.15) is 46.1 Å². The van der Waals surface area contributed by atoms with Crippen LogP contribution in [0.5, 0.6) is 5.75 Å². The van der Waals surface area contributed by atoms with Gasteiger partial charge in [-0.2, -0.15) is 0 Å². The number of hydrogen-bond acceptors (Lipinski definition) is 2. The van der Waals surface area contributed by atoms with E-state index in [2.05, 4.69) is 33.0 Å². The number of methoxy groups -OCH3 is 1. The quantitative estimate of drug-likeness (QED) is 0.771. The maximum absolute atomic E-state index is 14.3. The Hall–Kier alpha value is -1.09. The van der Waals surface area contributed by atoms with Crippen molar-refractivity contribution in [2.24, 2.45) is 5.41 Å². The van der Waals surface area contributed by atoms with Crippen LogP contribution in [0.3, 0.4) is 0 Å². The first-order valence-corrected chi connectivity index (χ1v) is 7.46. The molecule has 0 saturated carbocycles. The molecule has 1 unspecified atom stereocenters. The van der Waals surface area contributed by atoms with Crippen LogP contribution in [-0.2, 0) is 6.42 Å². The molecule has 0 aliphatic carbocycles. The highest BCUT2D eigenvalue weighted by Gasteiger charge is 2.26. The van der Waals surface area contributed by atoms with Crippen LogP contribution in [0.25, 0.3) is 0 Å². The zero-order chi connectivity index (χ0) is 15.2. The van der Waals surface area contributed by atoms with Gasteiger partial charge in [0.15, 0.2) is 11.6 Å². The molecule has 20 heavy (non-hydrogen) atoms. The fourth-order valence-electron chi connectivity index (χ4n) is 2.60. The van der Waals surface area contributed by atoms with Crippen molar-refractivity contribution in [3.05, 3.63) is 29.6 Å². The van der Waals surface area contributed by atoms with Gasteiger partial charge in [-0.15, -0.1) is 0 Å². The summed E-state index contributed by atoms with van der Waals surface area (Å²) >= 11 is 0.